The molecule has 1 aliphatic heterocycles. The van der Waals surface area contributed by atoms with Crippen LogP contribution >= 0.6 is 0 Å². The summed E-state index contributed by atoms with van der Waals surface area (Å²) in [5.74, 6) is 5.84. The van der Waals surface area contributed by atoms with Crippen molar-refractivity contribution < 1.29 is 33.5 Å². The molecule has 0 bridgehead atoms. The first-order valence-corrected chi connectivity index (χ1v) is 23.4. The number of benzene rings is 2. The van der Waals surface area contributed by atoms with Gasteiger partial charge in [0.25, 0.3) is 0 Å². The van der Waals surface area contributed by atoms with Crippen molar-refractivity contribution >= 4 is 52.6 Å². The first kappa shape index (κ1) is 50.9. The molecule has 350 valence electrons. The lowest BCUT2D eigenvalue weighted by molar-refractivity contribution is -0.145. The van der Waals surface area contributed by atoms with E-state index in [1.54, 1.807) is 22.9 Å². The number of ether oxygens (including phenoxy) is 1. The fraction of sp³-hybridized carbons (Fsp3) is 0.551. The molecule has 1 atom stereocenters. The van der Waals surface area contributed by atoms with Crippen molar-refractivity contribution in [2.75, 3.05) is 31.1 Å². The molecule has 15 nitrogen and oxygen atoms in total. The Morgan fingerprint density at radius 1 is 0.797 bits per heavy atom. The van der Waals surface area contributed by atoms with E-state index in [0.717, 1.165) is 68.1 Å². The molecule has 5 amide bonds. The van der Waals surface area contributed by atoms with Crippen molar-refractivity contribution in [2.45, 2.75) is 142 Å². The number of allylic oxidation sites excluding steroid dienone is 1. The number of fused-ring (bicyclic) bond motifs is 2. The van der Waals surface area contributed by atoms with E-state index in [1.165, 1.54) is 6.20 Å². The van der Waals surface area contributed by atoms with Gasteiger partial charge < -0.3 is 41.6 Å². The van der Waals surface area contributed by atoms with Gasteiger partial charge in [-0.2, -0.15) is 0 Å². The van der Waals surface area contributed by atoms with Crippen LogP contribution in [0.4, 0.5) is 5.69 Å². The predicted octanol–water partition coefficient (Wildman–Crippen LogP) is 6.08. The number of amides is 5. The van der Waals surface area contributed by atoms with Crippen LogP contribution in [-0.2, 0) is 40.0 Å². The lowest BCUT2D eigenvalue weighted by Crippen LogP contribution is -2.47. The highest BCUT2D eigenvalue weighted by Gasteiger charge is 2.33. The monoisotopic (exact) mass is 885 g/mol. The number of nitrogens with zero attached hydrogens (tertiary/aromatic N) is 2. The molecule has 0 radical (unpaired) electrons. The number of rotatable bonds is 29. The zero-order chi connectivity index (χ0) is 46.1. The second-order valence-electron chi connectivity index (χ2n) is 16.7. The van der Waals surface area contributed by atoms with Gasteiger partial charge in [-0.25, -0.2) is 5.84 Å². The molecule has 1 heterocycles. The van der Waals surface area contributed by atoms with Gasteiger partial charge in [-0.1, -0.05) is 74.7 Å². The summed E-state index contributed by atoms with van der Waals surface area (Å²) in [7, 11) is 0. The van der Waals surface area contributed by atoms with Crippen LogP contribution < -0.4 is 37.7 Å². The molecule has 15 heteroatoms. The molecule has 8 N–H and O–H groups in total. The molecule has 2 aromatic carbocycles. The van der Waals surface area contributed by atoms with E-state index in [0.29, 0.717) is 88.2 Å². The summed E-state index contributed by atoms with van der Waals surface area (Å²) >= 11 is 0. The number of anilines is 1. The lowest BCUT2D eigenvalue weighted by Gasteiger charge is -2.33. The quantitative estimate of drug-likeness (QED) is 0.0240. The highest BCUT2D eigenvalue weighted by Crippen LogP contribution is 2.37. The zero-order valence-corrected chi connectivity index (χ0v) is 38.1. The number of nitrogens with two attached hydrogens (primary N) is 2. The summed E-state index contributed by atoms with van der Waals surface area (Å²) in [4.78, 5) is 77.9. The Labute approximate surface area is 379 Å². The molecule has 1 saturated carbocycles. The Balaban J connectivity index is 1.30. The molecule has 4 rings (SSSR count). The van der Waals surface area contributed by atoms with E-state index >= 15 is 0 Å². The van der Waals surface area contributed by atoms with Crippen LogP contribution in [0.2, 0.25) is 0 Å². The highest BCUT2D eigenvalue weighted by molar-refractivity contribution is 6.01. The molecule has 1 unspecified atom stereocenters. The van der Waals surface area contributed by atoms with Gasteiger partial charge in [0.05, 0.1) is 36.7 Å². The Hall–Kier alpha value is -5.70. The number of hydrogen-bond donors (Lipinski definition) is 6. The Morgan fingerprint density at radius 2 is 1.50 bits per heavy atom. The molecule has 1 aliphatic carbocycles. The molecule has 64 heavy (non-hydrogen) atoms. The molecular formula is C49H72N8O7. The van der Waals surface area contributed by atoms with Gasteiger partial charge in [-0.15, -0.1) is 0 Å². The van der Waals surface area contributed by atoms with Crippen LogP contribution in [0.1, 0.15) is 146 Å². The third-order valence-corrected chi connectivity index (χ3v) is 11.4. The summed E-state index contributed by atoms with van der Waals surface area (Å²) in [6, 6.07) is 14.7. The molecule has 0 aromatic heterocycles. The number of hydrogen-bond acceptors (Lipinski definition) is 10. The fourth-order valence-electron chi connectivity index (χ4n) is 7.56. The average molecular weight is 885 g/mol. The number of esters is 1. The first-order valence-electron chi connectivity index (χ1n) is 23.4. The molecule has 0 saturated heterocycles. The maximum atomic E-state index is 14.0. The van der Waals surface area contributed by atoms with Crippen LogP contribution in [0.15, 0.2) is 60.8 Å². The standard InChI is InChI=1S/C49H72N8O7/c1-3-5-15-31-53-42(58)24-12-13-25-44(60)56-35-37-19-8-9-20-38(37)46(50)47(39-21-10-11-23-41(39)56)57(51)33-17-14-22-40(55-48(62)36-26-27-36)49(63)54-32-16-6-7-18-34-64-45(61)29-28-43(59)52-30-4-2/h4,8-11,19-21,23,30,36,40H,3,5-7,12-18,22,24-29,31-35,50-51H2,1-2H3,(H,52,59)(H,53,58)(H,54,63)(H,55,62)/b30-4+,47-46-. The summed E-state index contributed by atoms with van der Waals surface area (Å²) in [5, 5.41) is 13.1. The maximum Gasteiger partial charge on any atom is 0.306 e. The zero-order valence-electron chi connectivity index (χ0n) is 38.1. The minimum atomic E-state index is -0.683. The van der Waals surface area contributed by atoms with E-state index in [1.807, 2.05) is 48.5 Å². The smallest absolute Gasteiger partial charge is 0.306 e. The van der Waals surface area contributed by atoms with E-state index in [9.17, 15) is 28.8 Å². The summed E-state index contributed by atoms with van der Waals surface area (Å²) in [5.41, 5.74) is 11.2. The number of nitrogens with one attached hydrogen (secondary N) is 4. The van der Waals surface area contributed by atoms with Gasteiger partial charge in [0.15, 0.2) is 0 Å². The number of carbonyl (C=O) groups excluding carboxylic acids is 6. The third-order valence-electron chi connectivity index (χ3n) is 11.4. The molecule has 2 aromatic rings. The van der Waals surface area contributed by atoms with E-state index in [4.69, 9.17) is 16.3 Å². The van der Waals surface area contributed by atoms with E-state index < -0.39 is 12.0 Å². The SMILES string of the molecule is C/C=C/NC(=O)CCC(=O)OCCCCCCNC(=O)C(CCCCN(N)/C1=C(\N)c2ccccc2CN(C(=O)CCCCC(=O)NCCCCC)c2ccccc21)NC(=O)C1CC1. The van der Waals surface area contributed by atoms with Crippen LogP contribution in [-0.4, -0.2) is 72.8 Å². The topological polar surface area (TPSA) is 218 Å². The van der Waals surface area contributed by atoms with Crippen molar-refractivity contribution in [1.82, 2.24) is 26.3 Å². The van der Waals surface area contributed by atoms with Gasteiger partial charge in [-0.3, -0.25) is 28.8 Å². The Bertz CT molecular complexity index is 1910. The maximum absolute atomic E-state index is 14.0. The van der Waals surface area contributed by atoms with Crippen molar-refractivity contribution in [3.8, 4) is 0 Å². The number of hydrazine groups is 1. The van der Waals surface area contributed by atoms with Crippen molar-refractivity contribution in [2.24, 2.45) is 17.5 Å². The molecular weight excluding hydrogens is 813 g/mol. The van der Waals surface area contributed by atoms with Crippen LogP contribution in [0, 0.1) is 5.92 Å². The van der Waals surface area contributed by atoms with E-state index in [2.05, 4.69) is 28.2 Å². The largest absolute Gasteiger partial charge is 0.466 e. The molecule has 1 fully saturated rings. The Kier molecular flexibility index (Phi) is 22.4. The minimum Gasteiger partial charge on any atom is -0.466 e. The van der Waals surface area contributed by atoms with Gasteiger partial charge in [0.1, 0.15) is 6.04 Å². The van der Waals surface area contributed by atoms with Crippen LogP contribution in [0.5, 0.6) is 0 Å². The average Bonchev–Trinajstić information content (AvgIpc) is 4.15. The predicted molar refractivity (Wildman–Crippen MR) is 250 cm³/mol. The third kappa shape index (κ3) is 17.5. The molecule has 0 spiro atoms. The number of unbranched alkanes of at least 4 members (excludes halogenated alkanes) is 7. The van der Waals surface area contributed by atoms with Gasteiger partial charge in [-0.05, 0) is 95.4 Å². The minimum absolute atomic E-state index is 0.0175. The normalized spacial score (nSPS) is 15.0. The second-order valence-corrected chi connectivity index (χ2v) is 16.7. The van der Waals surface area contributed by atoms with Gasteiger partial charge in [0, 0.05) is 55.9 Å². The van der Waals surface area contributed by atoms with Gasteiger partial charge >= 0.3 is 5.97 Å². The van der Waals surface area contributed by atoms with Gasteiger partial charge in [0.2, 0.25) is 29.5 Å². The summed E-state index contributed by atoms with van der Waals surface area (Å²) < 4.78 is 5.23. The first-order chi connectivity index (χ1) is 31.0. The second kappa shape index (κ2) is 28.2. The number of para-hydroxylation sites is 1. The molecule has 2 aliphatic rings. The lowest BCUT2D eigenvalue weighted by atomic mass is 9.95. The number of carbonyl (C=O) groups is 6. The summed E-state index contributed by atoms with van der Waals surface area (Å²) in [6.45, 7) is 6.05. The van der Waals surface area contributed by atoms with E-state index in [-0.39, 0.29) is 61.3 Å². The fourth-order valence-corrected chi connectivity index (χ4v) is 7.56. The summed E-state index contributed by atoms with van der Waals surface area (Å²) in [6.07, 6.45) is 14.7. The van der Waals surface area contributed by atoms with Crippen LogP contribution in [0.3, 0.4) is 0 Å². The van der Waals surface area contributed by atoms with Crippen molar-refractivity contribution in [3.63, 3.8) is 0 Å². The highest BCUT2D eigenvalue weighted by atomic mass is 16.5. The van der Waals surface area contributed by atoms with Crippen molar-refractivity contribution in [1.29, 1.82) is 0 Å². The Morgan fingerprint density at radius 3 is 2.27 bits per heavy atom. The van der Waals surface area contributed by atoms with Crippen LogP contribution in [0.25, 0.3) is 11.4 Å². The van der Waals surface area contributed by atoms with Crippen molar-refractivity contribution in [3.05, 3.63) is 77.5 Å².